The van der Waals surface area contributed by atoms with Crippen LogP contribution in [0.3, 0.4) is 0 Å². The molecule has 2 amide bonds. The summed E-state index contributed by atoms with van der Waals surface area (Å²) in [5, 5.41) is 20.2. The molecule has 0 saturated carbocycles. The third-order valence-electron chi connectivity index (χ3n) is 4.13. The van der Waals surface area contributed by atoms with E-state index >= 15 is 0 Å². The molecule has 0 saturated heterocycles. The summed E-state index contributed by atoms with van der Waals surface area (Å²) >= 11 is 0. The lowest BCUT2D eigenvalue weighted by molar-refractivity contribution is -0.384. The van der Waals surface area contributed by atoms with Gasteiger partial charge in [0, 0.05) is 12.3 Å². The van der Waals surface area contributed by atoms with Crippen molar-refractivity contribution in [3.05, 3.63) is 50.4 Å². The van der Waals surface area contributed by atoms with Gasteiger partial charge in [-0.25, -0.2) is 14.7 Å². The van der Waals surface area contributed by atoms with Gasteiger partial charge in [0.05, 0.1) is 34.5 Å². The fraction of sp³-hybridized carbons (Fsp3) is 0.381. The Morgan fingerprint density at radius 2 is 2.00 bits per heavy atom. The van der Waals surface area contributed by atoms with Crippen LogP contribution in [0.15, 0.2) is 34.1 Å². The number of ether oxygens (including phenoxy) is 2. The summed E-state index contributed by atoms with van der Waals surface area (Å²) in [5.74, 6) is 0. The van der Waals surface area contributed by atoms with Crippen LogP contribution in [0.1, 0.15) is 39.3 Å². The van der Waals surface area contributed by atoms with Crippen molar-refractivity contribution in [3.8, 4) is 11.1 Å². The molecule has 2 aromatic rings. The number of carbonyl (C=O) groups is 2. The van der Waals surface area contributed by atoms with Crippen LogP contribution in [0.25, 0.3) is 11.1 Å². The number of hydrogen-bond donors (Lipinski definition) is 2. The number of unbranched alkanes of at least 4 members (excludes halogenated alkanes) is 1. The van der Waals surface area contributed by atoms with E-state index in [1.165, 1.54) is 31.5 Å². The summed E-state index contributed by atoms with van der Waals surface area (Å²) in [6.45, 7) is 5.23. The molecule has 0 aliphatic heterocycles. The second-order valence-electron chi connectivity index (χ2n) is 7.89. The SMILES string of the molecule is COC(=O)Nc1ccc(-c2cc(CCCC=NC(=O)OC(C)(C)C)n[nH]c2=O)c([N+](=O)[O-])c1. The van der Waals surface area contributed by atoms with Crippen molar-refractivity contribution in [1.29, 1.82) is 0 Å². The highest BCUT2D eigenvalue weighted by Gasteiger charge is 2.20. The van der Waals surface area contributed by atoms with Gasteiger partial charge < -0.3 is 9.47 Å². The Morgan fingerprint density at radius 1 is 1.27 bits per heavy atom. The molecule has 0 aliphatic rings. The first-order valence-corrected chi connectivity index (χ1v) is 9.98. The number of anilines is 1. The number of hydrogen-bond acceptors (Lipinski definition) is 8. The van der Waals surface area contributed by atoms with E-state index in [9.17, 15) is 24.5 Å². The van der Waals surface area contributed by atoms with Gasteiger partial charge in [-0.2, -0.15) is 10.1 Å². The number of rotatable bonds is 7. The third-order valence-corrected chi connectivity index (χ3v) is 4.13. The predicted octanol–water partition coefficient (Wildman–Crippen LogP) is 3.85. The topological polar surface area (TPSA) is 166 Å². The summed E-state index contributed by atoms with van der Waals surface area (Å²) in [4.78, 5) is 49.9. The minimum absolute atomic E-state index is 0.0683. The number of nitro groups is 1. The van der Waals surface area contributed by atoms with Crippen LogP contribution in [-0.4, -0.2) is 46.2 Å². The van der Waals surface area contributed by atoms with Crippen molar-refractivity contribution in [3.63, 3.8) is 0 Å². The molecular weight excluding hydrogens is 434 g/mol. The minimum atomic E-state index is -0.781. The van der Waals surface area contributed by atoms with Gasteiger partial charge in [-0.1, -0.05) is 0 Å². The summed E-state index contributed by atoms with van der Waals surface area (Å²) in [6.07, 6.45) is 1.44. The number of aromatic amines is 1. The largest absolute Gasteiger partial charge is 0.453 e. The van der Waals surface area contributed by atoms with E-state index in [4.69, 9.17) is 4.74 Å². The summed E-state index contributed by atoms with van der Waals surface area (Å²) in [6, 6.07) is 5.40. The van der Waals surface area contributed by atoms with E-state index in [0.717, 1.165) is 6.07 Å². The molecule has 0 atom stereocenters. The summed E-state index contributed by atoms with van der Waals surface area (Å²) in [5.41, 5.74) is -0.793. The zero-order valence-corrected chi connectivity index (χ0v) is 18.7. The number of aliphatic imine (C=N–C) groups is 1. The Labute approximate surface area is 189 Å². The van der Waals surface area contributed by atoms with Gasteiger partial charge in [0.15, 0.2) is 0 Å². The highest BCUT2D eigenvalue weighted by molar-refractivity contribution is 5.87. The van der Waals surface area contributed by atoms with Crippen molar-refractivity contribution < 1.29 is 24.0 Å². The number of benzene rings is 1. The number of nitrogens with zero attached hydrogens (tertiary/aromatic N) is 3. The monoisotopic (exact) mass is 459 g/mol. The Kier molecular flexibility index (Phi) is 8.37. The van der Waals surface area contributed by atoms with Gasteiger partial charge in [0.1, 0.15) is 5.60 Å². The standard InChI is InChI=1S/C21H25N5O7/c1-21(2,3)33-19(28)22-10-6-5-7-14-11-16(18(27)25-24-14)15-9-8-13(23-20(29)32-4)12-17(15)26(30)31/h8-12H,5-7H2,1-4H3,(H,23,29)(H,25,27). The Balaban J connectivity index is 2.15. The van der Waals surface area contributed by atoms with Gasteiger partial charge in [-0.05, 0) is 58.2 Å². The highest BCUT2D eigenvalue weighted by atomic mass is 16.6. The predicted molar refractivity (Wildman–Crippen MR) is 121 cm³/mol. The average molecular weight is 459 g/mol. The van der Waals surface area contributed by atoms with Crippen LogP contribution in [-0.2, 0) is 15.9 Å². The van der Waals surface area contributed by atoms with E-state index in [-0.39, 0.29) is 22.5 Å². The molecule has 0 unspecified atom stereocenters. The van der Waals surface area contributed by atoms with Crippen LogP contribution in [0.2, 0.25) is 0 Å². The number of methoxy groups -OCH3 is 1. The van der Waals surface area contributed by atoms with Gasteiger partial charge in [0.2, 0.25) is 0 Å². The molecule has 0 aliphatic carbocycles. The lowest BCUT2D eigenvalue weighted by atomic mass is 10.0. The van der Waals surface area contributed by atoms with Gasteiger partial charge in [-0.15, -0.1) is 0 Å². The number of aryl methyl sites for hydroxylation is 1. The van der Waals surface area contributed by atoms with E-state index in [0.29, 0.717) is 25.0 Å². The van der Waals surface area contributed by atoms with Crippen LogP contribution in [0.5, 0.6) is 0 Å². The second-order valence-corrected chi connectivity index (χ2v) is 7.89. The van der Waals surface area contributed by atoms with Gasteiger partial charge in [0.25, 0.3) is 11.2 Å². The van der Waals surface area contributed by atoms with E-state index in [2.05, 4.69) is 25.2 Å². The first-order valence-electron chi connectivity index (χ1n) is 9.98. The molecule has 2 rings (SSSR count). The highest BCUT2D eigenvalue weighted by Crippen LogP contribution is 2.31. The molecular formula is C21H25N5O7. The maximum Gasteiger partial charge on any atom is 0.433 e. The Morgan fingerprint density at radius 3 is 2.64 bits per heavy atom. The fourth-order valence-electron chi connectivity index (χ4n) is 2.73. The quantitative estimate of drug-likeness (QED) is 0.272. The minimum Gasteiger partial charge on any atom is -0.453 e. The van der Waals surface area contributed by atoms with Gasteiger partial charge >= 0.3 is 12.2 Å². The maximum absolute atomic E-state index is 12.3. The van der Waals surface area contributed by atoms with Crippen molar-refractivity contribution >= 4 is 29.8 Å². The molecule has 1 aromatic heterocycles. The van der Waals surface area contributed by atoms with Crippen LogP contribution in [0.4, 0.5) is 21.0 Å². The van der Waals surface area contributed by atoms with E-state index in [1.54, 1.807) is 20.8 Å². The van der Waals surface area contributed by atoms with Crippen molar-refractivity contribution in [1.82, 2.24) is 10.2 Å². The fourth-order valence-corrected chi connectivity index (χ4v) is 2.73. The normalized spacial score (nSPS) is 11.3. The third kappa shape index (κ3) is 7.83. The van der Waals surface area contributed by atoms with E-state index in [1.807, 2.05) is 0 Å². The molecule has 0 spiro atoms. The number of nitrogens with one attached hydrogen (secondary N) is 2. The van der Waals surface area contributed by atoms with Crippen molar-refractivity contribution in [2.24, 2.45) is 4.99 Å². The second kappa shape index (κ2) is 11.0. The molecule has 1 aromatic carbocycles. The number of carbonyl (C=O) groups excluding carboxylic acids is 2. The summed E-state index contributed by atoms with van der Waals surface area (Å²) in [7, 11) is 1.17. The van der Waals surface area contributed by atoms with E-state index < -0.39 is 28.3 Å². The number of aromatic nitrogens is 2. The first-order chi connectivity index (χ1) is 15.5. The van der Waals surface area contributed by atoms with Crippen LogP contribution >= 0.6 is 0 Å². The average Bonchev–Trinajstić information content (AvgIpc) is 2.73. The van der Waals surface area contributed by atoms with Crippen molar-refractivity contribution in [2.45, 2.75) is 45.6 Å². The molecule has 0 bridgehead atoms. The zero-order chi connectivity index (χ0) is 24.6. The lowest BCUT2D eigenvalue weighted by Crippen LogP contribution is -2.21. The van der Waals surface area contributed by atoms with Crippen molar-refractivity contribution in [2.75, 3.05) is 12.4 Å². The number of amides is 2. The first kappa shape index (κ1) is 25.2. The number of nitro benzene ring substituents is 1. The molecule has 12 nitrogen and oxygen atoms in total. The lowest BCUT2D eigenvalue weighted by Gasteiger charge is -2.17. The molecule has 12 heteroatoms. The molecule has 0 radical (unpaired) electrons. The van der Waals surface area contributed by atoms with Crippen LogP contribution in [0, 0.1) is 10.1 Å². The molecule has 2 N–H and O–H groups in total. The Hall–Kier alpha value is -4.09. The Bertz CT molecular complexity index is 1120. The molecule has 33 heavy (non-hydrogen) atoms. The number of H-pyrrole nitrogens is 1. The zero-order valence-electron chi connectivity index (χ0n) is 18.7. The van der Waals surface area contributed by atoms with Gasteiger partial charge in [-0.3, -0.25) is 20.2 Å². The van der Waals surface area contributed by atoms with Crippen LogP contribution < -0.4 is 10.9 Å². The molecule has 1 heterocycles. The molecule has 0 fully saturated rings. The summed E-state index contributed by atoms with van der Waals surface area (Å²) < 4.78 is 9.55. The maximum atomic E-state index is 12.3. The smallest absolute Gasteiger partial charge is 0.433 e. The molecule has 176 valence electrons.